The Kier molecular flexibility index (Phi) is 6.69. The topological polar surface area (TPSA) is 110 Å². The number of nitrogens with zero attached hydrogens (tertiary/aromatic N) is 4. The van der Waals surface area contributed by atoms with E-state index in [1.165, 1.54) is 0 Å². The predicted octanol–water partition coefficient (Wildman–Crippen LogP) is 3.18. The lowest BCUT2D eigenvalue weighted by Gasteiger charge is -2.08. The number of aryl methyl sites for hydroxylation is 2. The van der Waals surface area contributed by atoms with Crippen LogP contribution in [-0.2, 0) is 16.1 Å². The molecule has 4 aromatic rings. The number of hydrogen-bond acceptors (Lipinski definition) is 5. The molecule has 1 aromatic carbocycles. The normalized spacial score (nSPS) is 10.5. The first kappa shape index (κ1) is 20.9. The lowest BCUT2D eigenvalue weighted by atomic mass is 10.1. The van der Waals surface area contributed by atoms with Crippen LogP contribution >= 0.6 is 0 Å². The second-order valence-corrected chi connectivity index (χ2v) is 6.72. The fraction of sp³-hybridized carbons (Fsp3) is 0.227. The van der Waals surface area contributed by atoms with Gasteiger partial charge in [0.2, 0.25) is 5.91 Å². The van der Waals surface area contributed by atoms with Gasteiger partial charge < -0.3 is 10.4 Å². The summed E-state index contributed by atoms with van der Waals surface area (Å²) in [6.45, 7) is 2.52. The minimum atomic E-state index is -0.250. The molecule has 0 saturated carbocycles. The second-order valence-electron chi connectivity index (χ2n) is 6.72. The summed E-state index contributed by atoms with van der Waals surface area (Å²) in [6.07, 6.45) is 4.84. The Balaban J connectivity index is 0.000000806. The number of rotatable bonds is 5. The van der Waals surface area contributed by atoms with Gasteiger partial charge >= 0.3 is 0 Å². The Morgan fingerprint density at radius 1 is 1.23 bits per heavy atom. The molecule has 1 amide bonds. The standard InChI is InChI=1S/C21H21N5O.CH2O2/c1-14-11-18(16-8-7-15-5-3-9-23-17(15)12-16)25-19-13-24-26(21(14)19)10-4-6-20(27)22-2;2-1-3/h3,5,7-9,11-13H,4,6,10H2,1-2H3,(H,22,27);1H,(H,2,3). The fourth-order valence-electron chi connectivity index (χ4n) is 3.36. The Morgan fingerprint density at radius 2 is 2.03 bits per heavy atom. The highest BCUT2D eigenvalue weighted by Gasteiger charge is 2.11. The molecule has 0 radical (unpaired) electrons. The van der Waals surface area contributed by atoms with Crippen molar-refractivity contribution >= 4 is 34.3 Å². The summed E-state index contributed by atoms with van der Waals surface area (Å²) in [4.78, 5) is 29.0. The monoisotopic (exact) mass is 405 g/mol. The van der Waals surface area contributed by atoms with Crippen molar-refractivity contribution < 1.29 is 14.7 Å². The summed E-state index contributed by atoms with van der Waals surface area (Å²) in [7, 11) is 1.66. The number of carbonyl (C=O) groups excluding carboxylic acids is 1. The molecule has 0 saturated heterocycles. The van der Waals surface area contributed by atoms with Crippen LogP contribution < -0.4 is 5.32 Å². The van der Waals surface area contributed by atoms with Gasteiger partial charge in [0.1, 0.15) is 5.52 Å². The van der Waals surface area contributed by atoms with Crippen molar-refractivity contribution in [3.8, 4) is 11.3 Å². The first-order valence-electron chi connectivity index (χ1n) is 9.54. The van der Waals surface area contributed by atoms with Crippen molar-refractivity contribution in [2.45, 2.75) is 26.3 Å². The van der Waals surface area contributed by atoms with Crippen LogP contribution in [0.3, 0.4) is 0 Å². The van der Waals surface area contributed by atoms with Crippen LogP contribution in [-0.4, -0.2) is 44.3 Å². The van der Waals surface area contributed by atoms with Gasteiger partial charge in [-0.3, -0.25) is 19.3 Å². The van der Waals surface area contributed by atoms with Crippen LogP contribution in [0.5, 0.6) is 0 Å². The van der Waals surface area contributed by atoms with Gasteiger partial charge in [-0.25, -0.2) is 4.98 Å². The number of carbonyl (C=O) groups is 2. The fourth-order valence-corrected chi connectivity index (χ4v) is 3.36. The van der Waals surface area contributed by atoms with Crippen molar-refractivity contribution in [1.82, 2.24) is 25.1 Å². The molecule has 0 spiro atoms. The maximum absolute atomic E-state index is 11.4. The van der Waals surface area contributed by atoms with E-state index >= 15 is 0 Å². The van der Waals surface area contributed by atoms with Crippen molar-refractivity contribution in [2.24, 2.45) is 0 Å². The molecule has 4 rings (SSSR count). The third-order valence-electron chi connectivity index (χ3n) is 4.74. The van der Waals surface area contributed by atoms with Gasteiger partial charge in [0.25, 0.3) is 6.47 Å². The molecule has 154 valence electrons. The molecule has 3 aromatic heterocycles. The number of benzene rings is 1. The van der Waals surface area contributed by atoms with E-state index in [2.05, 4.69) is 52.7 Å². The molecule has 2 N–H and O–H groups in total. The predicted molar refractivity (Wildman–Crippen MR) is 115 cm³/mol. The minimum absolute atomic E-state index is 0.0495. The number of hydrogen-bond donors (Lipinski definition) is 2. The lowest BCUT2D eigenvalue weighted by molar-refractivity contribution is -0.123. The molecule has 0 aliphatic heterocycles. The molecular weight excluding hydrogens is 382 g/mol. The Morgan fingerprint density at radius 3 is 2.80 bits per heavy atom. The van der Waals surface area contributed by atoms with Gasteiger partial charge in [-0.15, -0.1) is 0 Å². The molecule has 8 nitrogen and oxygen atoms in total. The summed E-state index contributed by atoms with van der Waals surface area (Å²) >= 11 is 0. The summed E-state index contributed by atoms with van der Waals surface area (Å²) in [6, 6.07) is 12.3. The number of carboxylic acid groups (broad SMARTS) is 1. The average Bonchev–Trinajstić information content (AvgIpc) is 3.17. The average molecular weight is 405 g/mol. The number of pyridine rings is 2. The molecule has 0 bridgehead atoms. The number of amides is 1. The lowest BCUT2D eigenvalue weighted by Crippen LogP contribution is -2.18. The Bertz CT molecular complexity index is 1190. The van der Waals surface area contributed by atoms with Crippen molar-refractivity contribution in [2.75, 3.05) is 7.05 Å². The van der Waals surface area contributed by atoms with Crippen LogP contribution in [0, 0.1) is 6.92 Å². The van der Waals surface area contributed by atoms with Crippen LogP contribution in [0.1, 0.15) is 18.4 Å². The summed E-state index contributed by atoms with van der Waals surface area (Å²) in [5.41, 5.74) is 5.92. The second kappa shape index (κ2) is 9.60. The third-order valence-corrected chi connectivity index (χ3v) is 4.74. The Hall–Kier alpha value is -3.81. The smallest absolute Gasteiger partial charge is 0.290 e. The molecule has 30 heavy (non-hydrogen) atoms. The quantitative estimate of drug-likeness (QED) is 0.494. The van der Waals surface area contributed by atoms with E-state index in [1.54, 1.807) is 19.4 Å². The van der Waals surface area contributed by atoms with E-state index in [-0.39, 0.29) is 12.4 Å². The summed E-state index contributed by atoms with van der Waals surface area (Å²) in [5.74, 6) is 0.0495. The van der Waals surface area contributed by atoms with Gasteiger partial charge in [0.05, 0.1) is 22.9 Å². The number of nitrogens with one attached hydrogen (secondary N) is 1. The van der Waals surface area contributed by atoms with E-state index in [9.17, 15) is 4.79 Å². The highest BCUT2D eigenvalue weighted by Crippen LogP contribution is 2.26. The molecule has 0 aliphatic carbocycles. The van der Waals surface area contributed by atoms with Crippen molar-refractivity contribution in [3.05, 3.63) is 54.4 Å². The minimum Gasteiger partial charge on any atom is -0.483 e. The SMILES string of the molecule is CNC(=O)CCCn1ncc2nc(-c3ccc4cccnc4c3)cc(C)c21.O=CO. The zero-order valence-electron chi connectivity index (χ0n) is 16.9. The van der Waals surface area contributed by atoms with Crippen LogP contribution in [0.4, 0.5) is 0 Å². The van der Waals surface area contributed by atoms with Gasteiger partial charge in [0.15, 0.2) is 0 Å². The highest BCUT2D eigenvalue weighted by atomic mass is 16.3. The molecule has 0 atom stereocenters. The third kappa shape index (κ3) is 4.60. The van der Waals surface area contributed by atoms with E-state index < -0.39 is 0 Å². The van der Waals surface area contributed by atoms with Gasteiger partial charge in [0, 0.05) is 37.2 Å². The Labute approximate surface area is 173 Å². The molecule has 0 aliphatic rings. The van der Waals surface area contributed by atoms with Gasteiger partial charge in [-0.1, -0.05) is 18.2 Å². The van der Waals surface area contributed by atoms with E-state index in [0.29, 0.717) is 13.0 Å². The first-order chi connectivity index (χ1) is 14.6. The zero-order chi connectivity index (χ0) is 21.5. The summed E-state index contributed by atoms with van der Waals surface area (Å²) in [5, 5.41) is 15.1. The van der Waals surface area contributed by atoms with Crippen LogP contribution in [0.25, 0.3) is 33.2 Å². The van der Waals surface area contributed by atoms with Crippen molar-refractivity contribution in [3.63, 3.8) is 0 Å². The maximum atomic E-state index is 11.4. The molecular formula is C22H23N5O3. The van der Waals surface area contributed by atoms with Gasteiger partial charge in [-0.2, -0.15) is 5.10 Å². The summed E-state index contributed by atoms with van der Waals surface area (Å²) < 4.78 is 1.94. The van der Waals surface area contributed by atoms with E-state index in [4.69, 9.17) is 14.9 Å². The van der Waals surface area contributed by atoms with Gasteiger partial charge in [-0.05, 0) is 37.1 Å². The molecule has 8 heteroatoms. The molecule has 3 heterocycles. The van der Waals surface area contributed by atoms with E-state index in [1.807, 2.05) is 10.7 Å². The molecule has 0 fully saturated rings. The number of aromatic nitrogens is 4. The largest absolute Gasteiger partial charge is 0.483 e. The van der Waals surface area contributed by atoms with Crippen molar-refractivity contribution in [1.29, 1.82) is 0 Å². The zero-order valence-corrected chi connectivity index (χ0v) is 16.9. The maximum Gasteiger partial charge on any atom is 0.290 e. The first-order valence-corrected chi connectivity index (χ1v) is 9.54. The van der Waals surface area contributed by atoms with Crippen LogP contribution in [0.15, 0.2) is 48.8 Å². The van der Waals surface area contributed by atoms with E-state index in [0.717, 1.165) is 45.2 Å². The van der Waals surface area contributed by atoms with Crippen LogP contribution in [0.2, 0.25) is 0 Å². The molecule has 0 unspecified atom stereocenters. The highest BCUT2D eigenvalue weighted by molar-refractivity contribution is 5.86. The number of fused-ring (bicyclic) bond motifs is 2.